The van der Waals surface area contributed by atoms with E-state index in [0.717, 1.165) is 39.3 Å². The molecule has 0 bridgehead atoms. The summed E-state index contributed by atoms with van der Waals surface area (Å²) in [6.45, 7) is 6.30. The Balaban J connectivity index is 1.92. The molecule has 0 unspecified atom stereocenters. The summed E-state index contributed by atoms with van der Waals surface area (Å²) in [6, 6.07) is 0. The van der Waals surface area contributed by atoms with Crippen molar-refractivity contribution in [2.45, 2.75) is 5.97 Å². The molecule has 1 saturated heterocycles. The predicted octanol–water partition coefficient (Wildman–Crippen LogP) is -3.59. The minimum absolute atomic E-state index is 0.547. The second-order valence-corrected chi connectivity index (χ2v) is 3.82. The van der Waals surface area contributed by atoms with Gasteiger partial charge >= 0.3 is 0 Å². The van der Waals surface area contributed by atoms with Crippen LogP contribution >= 0.6 is 0 Å². The number of hydrogen-bond acceptors (Lipinski definition) is 8. The quantitative estimate of drug-likeness (QED) is 0.107. The summed E-state index contributed by atoms with van der Waals surface area (Å²) in [4.78, 5) is 5.13. The van der Waals surface area contributed by atoms with Gasteiger partial charge in [0.05, 0.1) is 0 Å². The SMILES string of the molecule is NCCNCCNC1(NCCNCCN)NO1. The van der Waals surface area contributed by atoms with E-state index in [0.29, 0.717) is 13.1 Å². The molecule has 1 rings (SSSR count). The zero-order valence-electron chi connectivity index (χ0n) is 10.2. The van der Waals surface area contributed by atoms with E-state index in [4.69, 9.17) is 16.3 Å². The Morgan fingerprint density at radius 2 is 1.29 bits per heavy atom. The fourth-order valence-corrected chi connectivity index (χ4v) is 1.37. The molecular formula is C9H25N7O. The average Bonchev–Trinajstić information content (AvgIpc) is 3.09. The van der Waals surface area contributed by atoms with Crippen LogP contribution < -0.4 is 38.2 Å². The Hall–Kier alpha value is -0.320. The number of hydrogen-bond donors (Lipinski definition) is 7. The molecule has 1 heterocycles. The summed E-state index contributed by atoms with van der Waals surface area (Å²) < 4.78 is 0. The topological polar surface area (TPSA) is 135 Å². The monoisotopic (exact) mass is 247 g/mol. The fraction of sp³-hybridized carbons (Fsp3) is 1.00. The maximum Gasteiger partial charge on any atom is 0.275 e. The van der Waals surface area contributed by atoms with Gasteiger partial charge in [0.1, 0.15) is 0 Å². The molecule has 0 spiro atoms. The van der Waals surface area contributed by atoms with Gasteiger partial charge in [-0.3, -0.25) is 10.6 Å². The minimum atomic E-state index is -0.547. The van der Waals surface area contributed by atoms with Crippen LogP contribution in [0.2, 0.25) is 0 Å². The first-order valence-electron chi connectivity index (χ1n) is 6.10. The van der Waals surface area contributed by atoms with E-state index in [1.807, 2.05) is 0 Å². The number of nitrogens with one attached hydrogen (secondary N) is 5. The lowest BCUT2D eigenvalue weighted by Gasteiger charge is -2.14. The van der Waals surface area contributed by atoms with Gasteiger partial charge in [-0.15, -0.1) is 5.48 Å². The van der Waals surface area contributed by atoms with Gasteiger partial charge in [-0.05, 0) is 0 Å². The summed E-state index contributed by atoms with van der Waals surface area (Å²) in [5.74, 6) is -0.547. The van der Waals surface area contributed by atoms with E-state index >= 15 is 0 Å². The third-order valence-electron chi connectivity index (χ3n) is 2.30. The van der Waals surface area contributed by atoms with Gasteiger partial charge in [-0.1, -0.05) is 0 Å². The molecule has 0 radical (unpaired) electrons. The maximum absolute atomic E-state index is 5.37. The molecule has 0 aromatic heterocycles. The lowest BCUT2D eigenvalue weighted by Crippen LogP contribution is -2.52. The normalized spacial score (nSPS) is 17.3. The molecule has 1 fully saturated rings. The van der Waals surface area contributed by atoms with Gasteiger partial charge < -0.3 is 22.1 Å². The number of rotatable bonds is 12. The standard InChI is InChI=1S/C9H25N7O/c10-1-3-12-5-7-14-9(16-17-9)15-8-6-13-4-2-11/h12-16H,1-8,10-11H2. The third kappa shape index (κ3) is 6.86. The lowest BCUT2D eigenvalue weighted by molar-refractivity contribution is 0.208. The molecule has 0 amide bonds. The van der Waals surface area contributed by atoms with Crippen LogP contribution in [0.4, 0.5) is 0 Å². The van der Waals surface area contributed by atoms with Gasteiger partial charge in [-0.2, -0.15) is 0 Å². The summed E-state index contributed by atoms with van der Waals surface area (Å²) in [5, 5.41) is 12.8. The van der Waals surface area contributed by atoms with Crippen molar-refractivity contribution in [3.8, 4) is 0 Å². The molecule has 0 aliphatic carbocycles. The van der Waals surface area contributed by atoms with Crippen LogP contribution in [0.25, 0.3) is 0 Å². The van der Waals surface area contributed by atoms with Crippen LogP contribution in [0.15, 0.2) is 0 Å². The molecule has 0 atom stereocenters. The van der Waals surface area contributed by atoms with E-state index in [2.05, 4.69) is 26.7 Å². The predicted molar refractivity (Wildman–Crippen MR) is 66.8 cm³/mol. The van der Waals surface area contributed by atoms with Gasteiger partial charge in [0.25, 0.3) is 5.97 Å². The molecular weight excluding hydrogens is 222 g/mol. The van der Waals surface area contributed by atoms with Crippen molar-refractivity contribution in [1.82, 2.24) is 26.7 Å². The third-order valence-corrected chi connectivity index (χ3v) is 2.30. The average molecular weight is 247 g/mol. The van der Waals surface area contributed by atoms with Crippen molar-refractivity contribution in [2.75, 3.05) is 52.4 Å². The molecule has 8 nitrogen and oxygen atoms in total. The Morgan fingerprint density at radius 1 is 0.824 bits per heavy atom. The van der Waals surface area contributed by atoms with Crippen LogP contribution in [-0.4, -0.2) is 58.3 Å². The van der Waals surface area contributed by atoms with E-state index in [1.165, 1.54) is 0 Å². The lowest BCUT2D eigenvalue weighted by atomic mass is 10.5. The fourth-order valence-electron chi connectivity index (χ4n) is 1.37. The van der Waals surface area contributed by atoms with Crippen molar-refractivity contribution in [3.05, 3.63) is 0 Å². The van der Waals surface area contributed by atoms with Crippen LogP contribution in [0.5, 0.6) is 0 Å². The largest absolute Gasteiger partial charge is 0.329 e. The van der Waals surface area contributed by atoms with Crippen molar-refractivity contribution in [1.29, 1.82) is 0 Å². The highest BCUT2D eigenvalue weighted by Crippen LogP contribution is 2.09. The molecule has 8 heteroatoms. The summed E-state index contributed by atoms with van der Waals surface area (Å²) >= 11 is 0. The van der Waals surface area contributed by atoms with Crippen molar-refractivity contribution in [3.63, 3.8) is 0 Å². The van der Waals surface area contributed by atoms with Crippen molar-refractivity contribution >= 4 is 0 Å². The highest BCUT2D eigenvalue weighted by molar-refractivity contribution is 4.78. The van der Waals surface area contributed by atoms with E-state index in [9.17, 15) is 0 Å². The summed E-state index contributed by atoms with van der Waals surface area (Å²) in [5.41, 5.74) is 13.5. The molecule has 0 aromatic rings. The Bertz CT molecular complexity index is 172. The molecule has 1 aliphatic heterocycles. The Kier molecular flexibility index (Phi) is 7.56. The van der Waals surface area contributed by atoms with E-state index in [1.54, 1.807) is 0 Å². The summed E-state index contributed by atoms with van der Waals surface area (Å²) in [7, 11) is 0. The number of nitrogens with two attached hydrogens (primary N) is 2. The van der Waals surface area contributed by atoms with Crippen LogP contribution in [-0.2, 0) is 4.84 Å². The first-order chi connectivity index (χ1) is 8.33. The minimum Gasteiger partial charge on any atom is -0.329 e. The zero-order chi connectivity index (χ0) is 12.4. The number of hydroxylamine groups is 1. The maximum atomic E-state index is 5.37. The van der Waals surface area contributed by atoms with Crippen LogP contribution in [0.3, 0.4) is 0 Å². The first kappa shape index (κ1) is 14.7. The van der Waals surface area contributed by atoms with Gasteiger partial charge in [0.2, 0.25) is 0 Å². The van der Waals surface area contributed by atoms with E-state index in [-0.39, 0.29) is 0 Å². The van der Waals surface area contributed by atoms with Gasteiger partial charge in [0, 0.05) is 52.4 Å². The van der Waals surface area contributed by atoms with Crippen LogP contribution in [0, 0.1) is 0 Å². The molecule has 0 aromatic carbocycles. The first-order valence-corrected chi connectivity index (χ1v) is 6.10. The van der Waals surface area contributed by atoms with Gasteiger partial charge in [-0.25, -0.2) is 4.84 Å². The van der Waals surface area contributed by atoms with Crippen LogP contribution in [0.1, 0.15) is 0 Å². The second kappa shape index (κ2) is 8.72. The van der Waals surface area contributed by atoms with Crippen molar-refractivity contribution in [2.24, 2.45) is 11.5 Å². The van der Waals surface area contributed by atoms with Gasteiger partial charge in [0.15, 0.2) is 0 Å². The second-order valence-electron chi connectivity index (χ2n) is 3.82. The highest BCUT2D eigenvalue weighted by Gasteiger charge is 2.44. The Morgan fingerprint density at radius 3 is 1.65 bits per heavy atom. The molecule has 17 heavy (non-hydrogen) atoms. The molecule has 0 saturated carbocycles. The molecule has 9 N–H and O–H groups in total. The molecule has 1 aliphatic rings. The van der Waals surface area contributed by atoms with E-state index < -0.39 is 5.97 Å². The highest BCUT2D eigenvalue weighted by atomic mass is 16.8. The zero-order valence-corrected chi connectivity index (χ0v) is 10.2. The summed E-state index contributed by atoms with van der Waals surface area (Å²) in [6.07, 6.45) is 0. The Labute approximate surface area is 102 Å². The molecule has 102 valence electrons. The van der Waals surface area contributed by atoms with Crippen molar-refractivity contribution < 1.29 is 4.84 Å². The smallest absolute Gasteiger partial charge is 0.275 e.